The topological polar surface area (TPSA) is 91.8 Å². The molecule has 1 saturated heterocycles. The number of aromatic nitrogens is 1. The Kier molecular flexibility index (Phi) is 5.96. The van der Waals surface area contributed by atoms with Crippen LogP contribution in [0, 0.1) is 0 Å². The van der Waals surface area contributed by atoms with Crippen molar-refractivity contribution in [1.82, 2.24) is 9.88 Å². The Labute approximate surface area is 135 Å². The predicted octanol–water partition coefficient (Wildman–Crippen LogP) is 2.21. The molecule has 1 amide bonds. The maximum absolute atomic E-state index is 11.2. The van der Waals surface area contributed by atoms with Gasteiger partial charge in [-0.25, -0.2) is 14.6 Å². The highest BCUT2D eigenvalue weighted by molar-refractivity contribution is 5.86. The third-order valence-electron chi connectivity index (χ3n) is 3.53. The van der Waals surface area contributed by atoms with E-state index in [1.165, 1.54) is 11.0 Å². The molecule has 2 heterocycles. The number of nitrogens with zero attached hydrogens (tertiary/aromatic N) is 2. The molecule has 0 aliphatic carbocycles. The molecule has 0 spiro atoms. The Balaban J connectivity index is 1.89. The Bertz CT molecular complexity index is 571. The molecule has 7 heteroatoms. The molecule has 1 fully saturated rings. The molecular weight excluding hydrogens is 298 g/mol. The van der Waals surface area contributed by atoms with Crippen molar-refractivity contribution in [3.8, 4) is 0 Å². The summed E-state index contributed by atoms with van der Waals surface area (Å²) in [7, 11) is 0. The molecule has 0 aromatic carbocycles. The van der Waals surface area contributed by atoms with E-state index in [1.54, 1.807) is 19.2 Å². The molecule has 1 aromatic rings. The highest BCUT2D eigenvalue weighted by Gasteiger charge is 2.23. The van der Waals surface area contributed by atoms with E-state index < -0.39 is 6.09 Å². The van der Waals surface area contributed by atoms with E-state index in [-0.39, 0.29) is 12.0 Å². The quantitative estimate of drug-likeness (QED) is 0.638. The Morgan fingerprint density at radius 3 is 3.00 bits per heavy atom. The number of piperidine rings is 1. The van der Waals surface area contributed by atoms with Gasteiger partial charge in [-0.1, -0.05) is 0 Å². The van der Waals surface area contributed by atoms with Crippen LogP contribution >= 0.6 is 0 Å². The molecule has 1 atom stereocenters. The summed E-state index contributed by atoms with van der Waals surface area (Å²) < 4.78 is 4.81. The summed E-state index contributed by atoms with van der Waals surface area (Å²) in [5.41, 5.74) is 0.791. The number of amides is 1. The van der Waals surface area contributed by atoms with E-state index in [0.717, 1.165) is 18.4 Å². The van der Waals surface area contributed by atoms with Crippen molar-refractivity contribution in [3.63, 3.8) is 0 Å². The number of hydrogen-bond donors (Lipinski definition) is 2. The zero-order valence-electron chi connectivity index (χ0n) is 13.1. The summed E-state index contributed by atoms with van der Waals surface area (Å²) >= 11 is 0. The molecule has 0 radical (unpaired) electrons. The van der Waals surface area contributed by atoms with Gasteiger partial charge in [0.15, 0.2) is 0 Å². The molecule has 1 aromatic heterocycles. The molecule has 23 heavy (non-hydrogen) atoms. The van der Waals surface area contributed by atoms with Gasteiger partial charge >= 0.3 is 12.1 Å². The lowest BCUT2D eigenvalue weighted by Crippen LogP contribution is -2.44. The number of carbonyl (C=O) groups excluding carboxylic acids is 1. The standard InChI is InChI=1S/C16H21N3O4/c1-2-23-15(20)8-6-12-5-7-14(17-10-12)18-13-4-3-9-19(11-13)16(21)22/h5-8,10,13H,2-4,9,11H2,1H3,(H,17,18)(H,21,22)/t13-/m1/s1. The first-order valence-corrected chi connectivity index (χ1v) is 7.63. The zero-order chi connectivity index (χ0) is 16.7. The number of esters is 1. The van der Waals surface area contributed by atoms with Gasteiger partial charge in [0.05, 0.1) is 6.61 Å². The SMILES string of the molecule is CCOC(=O)C=Cc1ccc(N[C@@H]2CCCN(C(=O)O)C2)nc1. The fourth-order valence-corrected chi connectivity index (χ4v) is 2.42. The highest BCUT2D eigenvalue weighted by Crippen LogP contribution is 2.15. The van der Waals surface area contributed by atoms with Crippen LogP contribution < -0.4 is 5.32 Å². The summed E-state index contributed by atoms with van der Waals surface area (Å²) in [5.74, 6) is 0.307. The van der Waals surface area contributed by atoms with Gasteiger partial charge in [0.2, 0.25) is 0 Å². The van der Waals surface area contributed by atoms with Crippen molar-refractivity contribution in [2.75, 3.05) is 25.0 Å². The summed E-state index contributed by atoms with van der Waals surface area (Å²) in [4.78, 5) is 27.9. The Morgan fingerprint density at radius 2 is 2.35 bits per heavy atom. The number of anilines is 1. The van der Waals surface area contributed by atoms with E-state index >= 15 is 0 Å². The minimum atomic E-state index is -0.885. The first kappa shape index (κ1) is 16.8. The van der Waals surface area contributed by atoms with Crippen LogP contribution in [-0.4, -0.2) is 52.8 Å². The summed E-state index contributed by atoms with van der Waals surface area (Å²) in [6.07, 6.45) is 5.51. The molecule has 0 bridgehead atoms. The van der Waals surface area contributed by atoms with E-state index in [0.29, 0.717) is 25.5 Å². The fourth-order valence-electron chi connectivity index (χ4n) is 2.42. The van der Waals surface area contributed by atoms with Crippen LogP contribution in [0.15, 0.2) is 24.4 Å². The van der Waals surface area contributed by atoms with Gasteiger partial charge in [0.25, 0.3) is 0 Å². The Hall–Kier alpha value is -2.57. The molecule has 124 valence electrons. The van der Waals surface area contributed by atoms with Crippen LogP contribution in [0.5, 0.6) is 0 Å². The second-order valence-electron chi connectivity index (χ2n) is 5.27. The van der Waals surface area contributed by atoms with E-state index in [4.69, 9.17) is 9.84 Å². The Morgan fingerprint density at radius 1 is 1.52 bits per heavy atom. The van der Waals surface area contributed by atoms with Gasteiger partial charge in [0, 0.05) is 31.4 Å². The molecule has 0 unspecified atom stereocenters. The van der Waals surface area contributed by atoms with Crippen molar-refractivity contribution in [2.24, 2.45) is 0 Å². The number of likely N-dealkylation sites (tertiary alicyclic amines) is 1. The van der Waals surface area contributed by atoms with Crippen LogP contribution in [0.1, 0.15) is 25.3 Å². The van der Waals surface area contributed by atoms with Gasteiger partial charge in [-0.3, -0.25) is 0 Å². The third-order valence-corrected chi connectivity index (χ3v) is 3.53. The minimum Gasteiger partial charge on any atom is -0.465 e. The smallest absolute Gasteiger partial charge is 0.407 e. The largest absolute Gasteiger partial charge is 0.465 e. The van der Waals surface area contributed by atoms with Crippen molar-refractivity contribution < 1.29 is 19.4 Å². The monoisotopic (exact) mass is 319 g/mol. The molecule has 2 N–H and O–H groups in total. The fraction of sp³-hybridized carbons (Fsp3) is 0.438. The summed E-state index contributed by atoms with van der Waals surface area (Å²) in [5, 5.41) is 12.3. The lowest BCUT2D eigenvalue weighted by molar-refractivity contribution is -0.137. The summed E-state index contributed by atoms with van der Waals surface area (Å²) in [6, 6.07) is 3.71. The highest BCUT2D eigenvalue weighted by atomic mass is 16.5. The van der Waals surface area contributed by atoms with Crippen LogP contribution in [0.25, 0.3) is 6.08 Å². The van der Waals surface area contributed by atoms with Gasteiger partial charge in [-0.05, 0) is 43.5 Å². The number of carbonyl (C=O) groups is 2. The van der Waals surface area contributed by atoms with Crippen LogP contribution in [0.2, 0.25) is 0 Å². The maximum Gasteiger partial charge on any atom is 0.407 e. The minimum absolute atomic E-state index is 0.0632. The molecule has 0 saturated carbocycles. The number of hydrogen-bond acceptors (Lipinski definition) is 5. The third kappa shape index (κ3) is 5.28. The van der Waals surface area contributed by atoms with Gasteiger partial charge < -0.3 is 20.1 Å². The zero-order valence-corrected chi connectivity index (χ0v) is 13.1. The second kappa shape index (κ2) is 8.17. The van der Waals surface area contributed by atoms with Crippen molar-refractivity contribution in [1.29, 1.82) is 0 Å². The second-order valence-corrected chi connectivity index (χ2v) is 5.27. The first-order chi connectivity index (χ1) is 11.1. The van der Waals surface area contributed by atoms with Crippen LogP contribution in [0.3, 0.4) is 0 Å². The number of pyridine rings is 1. The van der Waals surface area contributed by atoms with Crippen molar-refractivity contribution in [3.05, 3.63) is 30.0 Å². The number of rotatable bonds is 5. The van der Waals surface area contributed by atoms with Crippen molar-refractivity contribution >= 4 is 24.0 Å². The average Bonchev–Trinajstić information content (AvgIpc) is 2.55. The van der Waals surface area contributed by atoms with E-state index in [2.05, 4.69) is 10.3 Å². The number of nitrogens with one attached hydrogen (secondary N) is 1. The van der Waals surface area contributed by atoms with E-state index in [1.807, 2.05) is 12.1 Å². The molecule has 1 aliphatic heterocycles. The normalized spacial score (nSPS) is 18.0. The molecule has 2 rings (SSSR count). The summed E-state index contributed by atoms with van der Waals surface area (Å²) in [6.45, 7) is 3.14. The maximum atomic E-state index is 11.2. The molecule has 1 aliphatic rings. The average molecular weight is 319 g/mol. The molecular formula is C16H21N3O4. The van der Waals surface area contributed by atoms with Crippen LogP contribution in [0.4, 0.5) is 10.6 Å². The van der Waals surface area contributed by atoms with Crippen molar-refractivity contribution in [2.45, 2.75) is 25.8 Å². The van der Waals surface area contributed by atoms with Gasteiger partial charge in [-0.15, -0.1) is 0 Å². The van der Waals surface area contributed by atoms with Gasteiger partial charge in [-0.2, -0.15) is 0 Å². The predicted molar refractivity (Wildman–Crippen MR) is 86.1 cm³/mol. The first-order valence-electron chi connectivity index (χ1n) is 7.63. The van der Waals surface area contributed by atoms with Gasteiger partial charge in [0.1, 0.15) is 5.82 Å². The molecule has 7 nitrogen and oxygen atoms in total. The number of ether oxygens (including phenoxy) is 1. The number of carboxylic acid groups (broad SMARTS) is 1. The lowest BCUT2D eigenvalue weighted by Gasteiger charge is -2.31. The lowest BCUT2D eigenvalue weighted by atomic mass is 10.1. The van der Waals surface area contributed by atoms with E-state index in [9.17, 15) is 9.59 Å². The van der Waals surface area contributed by atoms with Crippen LogP contribution in [-0.2, 0) is 9.53 Å².